The van der Waals surface area contributed by atoms with Crippen molar-refractivity contribution in [2.75, 3.05) is 13.1 Å². The maximum atomic E-state index is 11.8. The molecule has 5 heteroatoms. The summed E-state index contributed by atoms with van der Waals surface area (Å²) in [6, 6.07) is 0. The summed E-state index contributed by atoms with van der Waals surface area (Å²) < 4.78 is 11.8. The van der Waals surface area contributed by atoms with E-state index in [4.69, 9.17) is 0 Å². The minimum Gasteiger partial charge on any atom is -0.315 e. The summed E-state index contributed by atoms with van der Waals surface area (Å²) in [7, 11) is -0.995. The normalized spacial score (nSPS) is 24.5. The van der Waals surface area contributed by atoms with Gasteiger partial charge in [-0.2, -0.15) is 0 Å². The van der Waals surface area contributed by atoms with E-state index in [1.54, 1.807) is 18.6 Å². The zero-order valence-corrected chi connectivity index (χ0v) is 7.96. The first-order valence-corrected chi connectivity index (χ1v) is 5.46. The molecule has 13 heavy (non-hydrogen) atoms. The summed E-state index contributed by atoms with van der Waals surface area (Å²) in [5.41, 5.74) is 0. The summed E-state index contributed by atoms with van der Waals surface area (Å²) in [5.74, 6) is 0. The SMILES string of the molecule is O=[S@@](c1cnccn1)[C@@H]1CCNC1. The second-order valence-electron chi connectivity index (χ2n) is 2.96. The van der Waals surface area contributed by atoms with Gasteiger partial charge in [-0.05, 0) is 13.0 Å². The van der Waals surface area contributed by atoms with Crippen molar-refractivity contribution in [1.82, 2.24) is 15.3 Å². The van der Waals surface area contributed by atoms with Gasteiger partial charge in [-0.1, -0.05) is 0 Å². The fourth-order valence-corrected chi connectivity index (χ4v) is 2.64. The summed E-state index contributed by atoms with van der Waals surface area (Å²) in [6.07, 6.45) is 5.71. The van der Waals surface area contributed by atoms with Gasteiger partial charge in [0.25, 0.3) is 0 Å². The van der Waals surface area contributed by atoms with Crippen LogP contribution in [0.2, 0.25) is 0 Å². The molecule has 0 amide bonds. The van der Waals surface area contributed by atoms with Crippen molar-refractivity contribution < 1.29 is 4.21 Å². The molecule has 0 aliphatic carbocycles. The third-order valence-corrected chi connectivity index (χ3v) is 3.69. The molecular formula is C8H11N3OS. The van der Waals surface area contributed by atoms with E-state index in [2.05, 4.69) is 15.3 Å². The third kappa shape index (κ3) is 1.92. The van der Waals surface area contributed by atoms with Gasteiger partial charge in [0.05, 0.1) is 22.2 Å². The van der Waals surface area contributed by atoms with Gasteiger partial charge in [-0.3, -0.25) is 9.19 Å². The number of hydrogen-bond acceptors (Lipinski definition) is 4. The highest BCUT2D eigenvalue weighted by Crippen LogP contribution is 2.12. The Morgan fingerprint density at radius 2 is 2.46 bits per heavy atom. The maximum absolute atomic E-state index is 11.8. The molecule has 1 aliphatic rings. The Bertz CT molecular complexity index is 298. The van der Waals surface area contributed by atoms with E-state index in [-0.39, 0.29) is 5.25 Å². The molecule has 0 aromatic carbocycles. The van der Waals surface area contributed by atoms with Gasteiger partial charge in [-0.25, -0.2) is 4.98 Å². The van der Waals surface area contributed by atoms with E-state index >= 15 is 0 Å². The van der Waals surface area contributed by atoms with E-state index in [0.29, 0.717) is 5.03 Å². The molecule has 4 nitrogen and oxygen atoms in total. The molecule has 2 rings (SSSR count). The van der Waals surface area contributed by atoms with Crippen molar-refractivity contribution in [2.45, 2.75) is 16.7 Å². The first kappa shape index (κ1) is 8.77. The third-order valence-electron chi connectivity index (χ3n) is 2.06. The van der Waals surface area contributed by atoms with Crippen molar-refractivity contribution >= 4 is 10.8 Å². The summed E-state index contributed by atoms with van der Waals surface area (Å²) in [6.45, 7) is 1.78. The van der Waals surface area contributed by atoms with E-state index in [1.165, 1.54) is 0 Å². The number of aromatic nitrogens is 2. The van der Waals surface area contributed by atoms with E-state index in [0.717, 1.165) is 19.5 Å². The zero-order chi connectivity index (χ0) is 9.10. The Balaban J connectivity index is 2.13. The summed E-state index contributed by atoms with van der Waals surface area (Å²) >= 11 is 0. The highest BCUT2D eigenvalue weighted by molar-refractivity contribution is 7.85. The van der Waals surface area contributed by atoms with Crippen molar-refractivity contribution in [3.8, 4) is 0 Å². The second kappa shape index (κ2) is 3.93. The first-order valence-electron chi connectivity index (χ1n) is 4.25. The average molecular weight is 197 g/mol. The lowest BCUT2D eigenvalue weighted by Crippen LogP contribution is -2.19. The minimum absolute atomic E-state index is 0.205. The van der Waals surface area contributed by atoms with Crippen LogP contribution in [0.1, 0.15) is 6.42 Å². The Morgan fingerprint density at radius 3 is 3.08 bits per heavy atom. The fraction of sp³-hybridized carbons (Fsp3) is 0.500. The molecule has 1 aromatic rings. The van der Waals surface area contributed by atoms with Gasteiger partial charge < -0.3 is 5.32 Å². The zero-order valence-electron chi connectivity index (χ0n) is 7.14. The lowest BCUT2D eigenvalue weighted by atomic mass is 10.4. The van der Waals surface area contributed by atoms with Crippen LogP contribution < -0.4 is 5.32 Å². The van der Waals surface area contributed by atoms with E-state index < -0.39 is 10.8 Å². The van der Waals surface area contributed by atoms with Crippen LogP contribution in [-0.2, 0) is 10.8 Å². The van der Waals surface area contributed by atoms with Gasteiger partial charge in [0.2, 0.25) is 0 Å². The van der Waals surface area contributed by atoms with Crippen LogP contribution in [0.4, 0.5) is 0 Å². The number of rotatable bonds is 2. The Labute approximate surface area is 79.2 Å². The van der Waals surface area contributed by atoms with Crippen molar-refractivity contribution in [3.05, 3.63) is 18.6 Å². The molecule has 1 fully saturated rings. The molecular weight excluding hydrogens is 186 g/mol. The fourth-order valence-electron chi connectivity index (χ4n) is 1.37. The van der Waals surface area contributed by atoms with Crippen LogP contribution in [-0.4, -0.2) is 32.5 Å². The molecule has 70 valence electrons. The summed E-state index contributed by atoms with van der Waals surface area (Å²) in [5, 5.41) is 3.98. The molecule has 2 atom stereocenters. The highest BCUT2D eigenvalue weighted by atomic mass is 32.2. The van der Waals surface area contributed by atoms with Crippen LogP contribution >= 0.6 is 0 Å². The Kier molecular flexibility index (Phi) is 2.65. The van der Waals surface area contributed by atoms with Crippen LogP contribution in [0.25, 0.3) is 0 Å². The van der Waals surface area contributed by atoms with Crippen molar-refractivity contribution in [3.63, 3.8) is 0 Å². The molecule has 0 unspecified atom stereocenters. The predicted octanol–water partition coefficient (Wildman–Crippen LogP) is -0.0539. The monoisotopic (exact) mass is 197 g/mol. The van der Waals surface area contributed by atoms with Gasteiger partial charge in [-0.15, -0.1) is 0 Å². The number of nitrogens with one attached hydrogen (secondary N) is 1. The van der Waals surface area contributed by atoms with Gasteiger partial charge in [0.1, 0.15) is 5.03 Å². The Morgan fingerprint density at radius 1 is 1.54 bits per heavy atom. The largest absolute Gasteiger partial charge is 0.315 e. The molecule has 1 aromatic heterocycles. The van der Waals surface area contributed by atoms with Crippen LogP contribution in [0.15, 0.2) is 23.6 Å². The van der Waals surface area contributed by atoms with Crippen molar-refractivity contribution in [1.29, 1.82) is 0 Å². The number of hydrogen-bond donors (Lipinski definition) is 1. The maximum Gasteiger partial charge on any atom is 0.145 e. The molecule has 0 radical (unpaired) electrons. The highest BCUT2D eigenvalue weighted by Gasteiger charge is 2.22. The predicted molar refractivity (Wildman–Crippen MR) is 49.7 cm³/mol. The second-order valence-corrected chi connectivity index (χ2v) is 4.64. The van der Waals surface area contributed by atoms with E-state index in [1.807, 2.05) is 0 Å². The first-order chi connectivity index (χ1) is 6.38. The Hall–Kier alpha value is -0.810. The minimum atomic E-state index is -0.995. The number of nitrogens with zero attached hydrogens (tertiary/aromatic N) is 2. The molecule has 0 bridgehead atoms. The molecule has 2 heterocycles. The molecule has 0 saturated carbocycles. The van der Waals surface area contributed by atoms with Crippen LogP contribution in [0.3, 0.4) is 0 Å². The topological polar surface area (TPSA) is 54.9 Å². The van der Waals surface area contributed by atoms with Crippen molar-refractivity contribution in [2.24, 2.45) is 0 Å². The average Bonchev–Trinajstić information content (AvgIpc) is 2.71. The molecule has 0 spiro atoms. The van der Waals surface area contributed by atoms with Gasteiger partial charge >= 0.3 is 0 Å². The molecule has 1 N–H and O–H groups in total. The van der Waals surface area contributed by atoms with Gasteiger partial charge in [0, 0.05) is 18.9 Å². The van der Waals surface area contributed by atoms with Crippen LogP contribution in [0, 0.1) is 0 Å². The summed E-state index contributed by atoms with van der Waals surface area (Å²) in [4.78, 5) is 7.93. The standard InChI is InChI=1S/C8H11N3OS/c12-13(7-1-2-9-5-7)8-6-10-3-4-11-8/h3-4,6-7,9H,1-2,5H2/t7-,13-/m1/s1. The van der Waals surface area contributed by atoms with Gasteiger partial charge in [0.15, 0.2) is 0 Å². The quantitative estimate of drug-likeness (QED) is 0.722. The van der Waals surface area contributed by atoms with E-state index in [9.17, 15) is 4.21 Å². The lowest BCUT2D eigenvalue weighted by molar-refractivity contribution is 0.668. The van der Waals surface area contributed by atoms with Crippen LogP contribution in [0.5, 0.6) is 0 Å². The smallest absolute Gasteiger partial charge is 0.145 e. The molecule has 1 aliphatic heterocycles. The molecule has 1 saturated heterocycles. The lowest BCUT2D eigenvalue weighted by Gasteiger charge is -2.05.